The lowest BCUT2D eigenvalue weighted by Gasteiger charge is -2.57. The quantitative estimate of drug-likeness (QED) is 0.748. The molecule has 3 saturated heterocycles. The van der Waals surface area contributed by atoms with Crippen LogP contribution < -0.4 is 0 Å². The van der Waals surface area contributed by atoms with E-state index < -0.39 is 0 Å². The Labute approximate surface area is 173 Å². The van der Waals surface area contributed by atoms with Gasteiger partial charge in [-0.2, -0.15) is 4.98 Å². The van der Waals surface area contributed by atoms with Crippen molar-refractivity contribution in [2.45, 2.75) is 57.3 Å². The molecule has 0 radical (unpaired) electrons. The molecule has 0 unspecified atom stereocenters. The van der Waals surface area contributed by atoms with E-state index in [4.69, 9.17) is 9.26 Å². The van der Waals surface area contributed by atoms with E-state index in [1.807, 2.05) is 0 Å². The Hall–Kier alpha value is -1.76. The van der Waals surface area contributed by atoms with Crippen LogP contribution in [0.25, 0.3) is 0 Å². The molecule has 6 nitrogen and oxygen atoms in total. The fraction of sp³-hybridized carbons (Fsp3) is 0.652. The largest absolute Gasteiger partial charge is 0.377 e. The zero-order valence-corrected chi connectivity index (χ0v) is 17.4. The second kappa shape index (κ2) is 8.54. The van der Waals surface area contributed by atoms with Gasteiger partial charge in [-0.15, -0.1) is 0 Å². The molecular weight excluding hydrogens is 364 g/mol. The third-order valence-corrected chi connectivity index (χ3v) is 7.13. The van der Waals surface area contributed by atoms with Crippen LogP contribution in [0.1, 0.15) is 43.0 Å². The lowest BCUT2D eigenvalue weighted by Crippen LogP contribution is -2.63. The van der Waals surface area contributed by atoms with Gasteiger partial charge in [-0.25, -0.2) is 0 Å². The van der Waals surface area contributed by atoms with E-state index in [-0.39, 0.29) is 0 Å². The molecule has 2 aromatic rings. The number of fused-ring (bicyclic) bond motifs is 4. The first-order chi connectivity index (χ1) is 14.3. The van der Waals surface area contributed by atoms with E-state index in [0.717, 1.165) is 37.5 Å². The number of benzene rings is 1. The minimum absolute atomic E-state index is 0.408. The fourth-order valence-electron chi connectivity index (χ4n) is 6.00. The standard InChI is InChI=1S/C23H32N4O2/c1-28-16-22-24-23(29-25-22)15-26-13-18-12-19(14-26)21(11-17-7-3-2-4-8-17)27-10-6-5-9-20(18)27/h2-4,7-8,18-21H,5-6,9-16H2,1H3/t18-,19+,20+,21+/m1/s1. The topological polar surface area (TPSA) is 54.6 Å². The van der Waals surface area contributed by atoms with Crippen molar-refractivity contribution in [1.82, 2.24) is 19.9 Å². The summed E-state index contributed by atoms with van der Waals surface area (Å²) in [5, 5.41) is 4.03. The summed E-state index contributed by atoms with van der Waals surface area (Å²) in [5.74, 6) is 2.84. The van der Waals surface area contributed by atoms with Gasteiger partial charge >= 0.3 is 0 Å². The molecule has 1 aromatic carbocycles. The molecule has 0 N–H and O–H groups in total. The summed E-state index contributed by atoms with van der Waals surface area (Å²) in [7, 11) is 1.66. The number of likely N-dealkylation sites (tertiary alicyclic amines) is 1. The van der Waals surface area contributed by atoms with Crippen LogP contribution in [0.2, 0.25) is 0 Å². The van der Waals surface area contributed by atoms with E-state index >= 15 is 0 Å². The predicted molar refractivity (Wildman–Crippen MR) is 110 cm³/mol. The molecule has 1 aromatic heterocycles. The van der Waals surface area contributed by atoms with Gasteiger partial charge in [-0.05, 0) is 49.6 Å². The van der Waals surface area contributed by atoms with Crippen LogP contribution in [-0.2, 0) is 24.3 Å². The third kappa shape index (κ3) is 4.11. The summed E-state index contributed by atoms with van der Waals surface area (Å²) in [6.45, 7) is 4.72. The van der Waals surface area contributed by atoms with Gasteiger partial charge in [0.2, 0.25) is 5.89 Å². The van der Waals surface area contributed by atoms with Crippen molar-refractivity contribution in [3.8, 4) is 0 Å². The molecule has 2 bridgehead atoms. The van der Waals surface area contributed by atoms with Gasteiger partial charge in [0.25, 0.3) is 0 Å². The van der Waals surface area contributed by atoms with Crippen LogP contribution in [0.5, 0.6) is 0 Å². The Kier molecular flexibility index (Phi) is 5.66. The maximum absolute atomic E-state index is 5.48. The lowest BCUT2D eigenvalue weighted by atomic mass is 9.71. The number of hydrogen-bond donors (Lipinski definition) is 0. The van der Waals surface area contributed by atoms with Crippen molar-refractivity contribution in [1.29, 1.82) is 0 Å². The predicted octanol–water partition coefficient (Wildman–Crippen LogP) is 3.13. The SMILES string of the molecule is COCc1noc(CN2C[C@H]3C[C@@H](C2)[C@H](Cc2ccccc2)N2CCCC[C@@H]32)n1. The maximum Gasteiger partial charge on any atom is 0.240 e. The molecule has 5 rings (SSSR count). The molecule has 3 aliphatic heterocycles. The Bertz CT molecular complexity index is 795. The lowest BCUT2D eigenvalue weighted by molar-refractivity contribution is -0.0744. The van der Waals surface area contributed by atoms with Crippen LogP contribution in [0.4, 0.5) is 0 Å². The van der Waals surface area contributed by atoms with E-state index in [2.05, 4.69) is 50.3 Å². The normalized spacial score (nSPS) is 30.2. The van der Waals surface area contributed by atoms with Crippen molar-refractivity contribution in [2.75, 3.05) is 26.7 Å². The van der Waals surface area contributed by atoms with Gasteiger partial charge in [0.1, 0.15) is 6.61 Å². The summed E-state index contributed by atoms with van der Waals surface area (Å²) >= 11 is 0. The second-order valence-electron chi connectivity index (χ2n) is 9.05. The van der Waals surface area contributed by atoms with E-state index in [9.17, 15) is 0 Å². The third-order valence-electron chi connectivity index (χ3n) is 7.13. The van der Waals surface area contributed by atoms with Crippen LogP contribution in [0.3, 0.4) is 0 Å². The average molecular weight is 397 g/mol. The molecule has 6 heteroatoms. The summed E-state index contributed by atoms with van der Waals surface area (Å²) in [5.41, 5.74) is 1.47. The number of ether oxygens (including phenoxy) is 1. The highest BCUT2D eigenvalue weighted by molar-refractivity contribution is 5.17. The minimum Gasteiger partial charge on any atom is -0.377 e. The van der Waals surface area contributed by atoms with Crippen molar-refractivity contribution in [2.24, 2.45) is 11.8 Å². The number of nitrogens with zero attached hydrogens (tertiary/aromatic N) is 4. The molecule has 0 amide bonds. The van der Waals surface area contributed by atoms with Crippen LogP contribution >= 0.6 is 0 Å². The van der Waals surface area contributed by atoms with E-state index in [1.54, 1.807) is 7.11 Å². The summed E-state index contributed by atoms with van der Waals surface area (Å²) in [4.78, 5) is 9.95. The fourth-order valence-corrected chi connectivity index (χ4v) is 6.00. The molecule has 3 fully saturated rings. The van der Waals surface area contributed by atoms with Gasteiger partial charge in [-0.1, -0.05) is 41.9 Å². The van der Waals surface area contributed by atoms with Crippen LogP contribution in [0.15, 0.2) is 34.9 Å². The minimum atomic E-state index is 0.408. The maximum atomic E-state index is 5.48. The number of aromatic nitrogens is 2. The van der Waals surface area contributed by atoms with E-state index in [1.165, 1.54) is 44.2 Å². The smallest absolute Gasteiger partial charge is 0.240 e. The Morgan fingerprint density at radius 3 is 2.86 bits per heavy atom. The monoisotopic (exact) mass is 396 g/mol. The van der Waals surface area contributed by atoms with Gasteiger partial charge in [-0.3, -0.25) is 9.80 Å². The summed E-state index contributed by atoms with van der Waals surface area (Å²) in [6, 6.07) is 12.4. The summed E-state index contributed by atoms with van der Waals surface area (Å²) < 4.78 is 10.6. The zero-order chi connectivity index (χ0) is 19.6. The highest BCUT2D eigenvalue weighted by Gasteiger charge is 2.47. The number of hydrogen-bond acceptors (Lipinski definition) is 6. The van der Waals surface area contributed by atoms with Gasteiger partial charge < -0.3 is 9.26 Å². The van der Waals surface area contributed by atoms with Crippen LogP contribution in [-0.4, -0.2) is 58.8 Å². The molecular formula is C23H32N4O2. The molecule has 4 heterocycles. The number of rotatable bonds is 6. The number of piperidine rings is 3. The molecule has 0 spiro atoms. The van der Waals surface area contributed by atoms with Gasteiger partial charge in [0.15, 0.2) is 5.82 Å². The van der Waals surface area contributed by atoms with Crippen molar-refractivity contribution >= 4 is 0 Å². The molecule has 0 aliphatic carbocycles. The molecule has 4 atom stereocenters. The summed E-state index contributed by atoms with van der Waals surface area (Å²) in [6.07, 6.45) is 6.63. The molecule has 0 saturated carbocycles. The second-order valence-corrected chi connectivity index (χ2v) is 9.05. The number of methoxy groups -OCH3 is 1. The van der Waals surface area contributed by atoms with Gasteiger partial charge in [0.05, 0.1) is 6.54 Å². The van der Waals surface area contributed by atoms with Crippen molar-refractivity contribution < 1.29 is 9.26 Å². The highest BCUT2D eigenvalue weighted by Crippen LogP contribution is 2.42. The first-order valence-corrected chi connectivity index (χ1v) is 11.1. The zero-order valence-electron chi connectivity index (χ0n) is 17.4. The van der Waals surface area contributed by atoms with Crippen molar-refractivity contribution in [3.63, 3.8) is 0 Å². The molecule has 156 valence electrons. The molecule has 29 heavy (non-hydrogen) atoms. The highest BCUT2D eigenvalue weighted by atomic mass is 16.5. The molecule has 3 aliphatic rings. The van der Waals surface area contributed by atoms with E-state index in [0.29, 0.717) is 24.4 Å². The Balaban J connectivity index is 1.33. The Morgan fingerprint density at radius 2 is 2.00 bits per heavy atom. The first kappa shape index (κ1) is 19.2. The van der Waals surface area contributed by atoms with Crippen molar-refractivity contribution in [3.05, 3.63) is 47.6 Å². The Morgan fingerprint density at radius 1 is 1.14 bits per heavy atom. The first-order valence-electron chi connectivity index (χ1n) is 11.1. The van der Waals surface area contributed by atoms with Crippen LogP contribution in [0, 0.1) is 11.8 Å². The van der Waals surface area contributed by atoms with Gasteiger partial charge in [0, 0.05) is 32.3 Å². The average Bonchev–Trinajstić information content (AvgIpc) is 3.19.